The molecule has 2 aromatic heterocycles. The van der Waals surface area contributed by atoms with Crippen LogP contribution in [0.4, 0.5) is 10.8 Å². The average molecular weight is 436 g/mol. The van der Waals surface area contributed by atoms with Crippen molar-refractivity contribution >= 4 is 38.4 Å². The zero-order valence-corrected chi connectivity index (χ0v) is 17.9. The maximum atomic E-state index is 12.9. The number of aromatic nitrogens is 3. The van der Waals surface area contributed by atoms with Crippen LogP contribution in [0.3, 0.4) is 0 Å². The Labute approximate surface area is 182 Å². The van der Waals surface area contributed by atoms with Crippen LogP contribution in [0.5, 0.6) is 5.75 Å². The van der Waals surface area contributed by atoms with Gasteiger partial charge in [-0.15, -0.1) is 0 Å². The van der Waals surface area contributed by atoms with E-state index in [2.05, 4.69) is 15.3 Å². The fraction of sp³-hybridized carbons (Fsp3) is 0.182. The maximum absolute atomic E-state index is 12.9. The van der Waals surface area contributed by atoms with Crippen LogP contribution < -0.4 is 20.5 Å². The summed E-state index contributed by atoms with van der Waals surface area (Å²) >= 11 is 1.27. The third-order valence-electron chi connectivity index (χ3n) is 4.63. The minimum absolute atomic E-state index is 0.147. The summed E-state index contributed by atoms with van der Waals surface area (Å²) in [7, 11) is 3.48. The first-order chi connectivity index (χ1) is 15.0. The molecule has 0 saturated heterocycles. The predicted molar refractivity (Wildman–Crippen MR) is 122 cm³/mol. The summed E-state index contributed by atoms with van der Waals surface area (Å²) < 4.78 is 6.87. The molecule has 2 heterocycles. The Morgan fingerprint density at radius 1 is 1.19 bits per heavy atom. The number of rotatable bonds is 7. The number of hydrogen-bond donors (Lipinski definition) is 1. The maximum Gasteiger partial charge on any atom is 0.273 e. The number of nitrogens with zero attached hydrogens (tertiary/aromatic N) is 4. The summed E-state index contributed by atoms with van der Waals surface area (Å²) in [5.41, 5.74) is 1.83. The summed E-state index contributed by atoms with van der Waals surface area (Å²) in [5.74, 6) is 0.303. The summed E-state index contributed by atoms with van der Waals surface area (Å²) in [4.78, 5) is 36.0. The molecular weight excluding hydrogens is 414 g/mol. The Balaban J connectivity index is 1.51. The number of thiazole rings is 1. The predicted octanol–water partition coefficient (Wildman–Crippen LogP) is 3.14. The molecule has 1 N–H and O–H groups in total. The summed E-state index contributed by atoms with van der Waals surface area (Å²) in [6.45, 7) is 0.518. The van der Waals surface area contributed by atoms with Gasteiger partial charge in [0.05, 0.1) is 7.11 Å². The number of methoxy groups -OCH3 is 1. The number of nitrogens with one attached hydrogen (secondary N) is 1. The molecule has 0 saturated carbocycles. The Morgan fingerprint density at radius 3 is 2.77 bits per heavy atom. The standard InChI is InChI=1S/C22H21N5O3S/c1-26(12-15-7-4-3-5-8-15)22-25-20-19(31-22)21(29)27(14-23-20)13-18(28)24-16-9-6-10-17(11-16)30-2/h3-11,14H,12-13H2,1-2H3,(H,24,28). The third-order valence-corrected chi connectivity index (χ3v) is 5.78. The van der Waals surface area contributed by atoms with Crippen LogP contribution >= 0.6 is 11.3 Å². The lowest BCUT2D eigenvalue weighted by atomic mass is 10.2. The smallest absolute Gasteiger partial charge is 0.273 e. The first kappa shape index (κ1) is 20.5. The summed E-state index contributed by atoms with van der Waals surface area (Å²) in [5, 5.41) is 3.46. The lowest BCUT2D eigenvalue weighted by Crippen LogP contribution is -2.27. The number of benzene rings is 2. The molecule has 0 aliphatic carbocycles. The molecule has 4 rings (SSSR count). The molecule has 0 atom stereocenters. The zero-order valence-electron chi connectivity index (χ0n) is 17.1. The van der Waals surface area contributed by atoms with Crippen molar-refractivity contribution in [3.8, 4) is 5.75 Å². The van der Waals surface area contributed by atoms with Gasteiger partial charge in [0.25, 0.3) is 5.56 Å². The van der Waals surface area contributed by atoms with Crippen LogP contribution in [-0.4, -0.2) is 34.6 Å². The van der Waals surface area contributed by atoms with Gasteiger partial charge in [-0.05, 0) is 17.7 Å². The van der Waals surface area contributed by atoms with E-state index in [1.807, 2.05) is 42.3 Å². The summed E-state index contributed by atoms with van der Waals surface area (Å²) in [6.07, 6.45) is 1.36. The molecule has 0 aliphatic heterocycles. The lowest BCUT2D eigenvalue weighted by molar-refractivity contribution is -0.116. The second-order valence-electron chi connectivity index (χ2n) is 6.95. The molecule has 0 fully saturated rings. The summed E-state index contributed by atoms with van der Waals surface area (Å²) in [6, 6.07) is 17.0. The fourth-order valence-electron chi connectivity index (χ4n) is 3.09. The zero-order chi connectivity index (χ0) is 21.8. The number of fused-ring (bicyclic) bond motifs is 1. The minimum Gasteiger partial charge on any atom is -0.497 e. The van der Waals surface area contributed by atoms with Crippen LogP contribution in [0.15, 0.2) is 65.7 Å². The van der Waals surface area contributed by atoms with E-state index in [1.165, 1.54) is 22.2 Å². The van der Waals surface area contributed by atoms with E-state index in [0.717, 1.165) is 5.56 Å². The Hall–Kier alpha value is -3.72. The van der Waals surface area contributed by atoms with Crippen LogP contribution in [0.2, 0.25) is 0 Å². The van der Waals surface area contributed by atoms with E-state index in [0.29, 0.717) is 33.5 Å². The Bertz CT molecular complexity index is 1270. The molecule has 4 aromatic rings. The largest absolute Gasteiger partial charge is 0.497 e. The molecule has 8 nitrogen and oxygen atoms in total. The van der Waals surface area contributed by atoms with Crippen molar-refractivity contribution in [2.75, 3.05) is 24.4 Å². The Kier molecular flexibility index (Phi) is 5.94. The van der Waals surface area contributed by atoms with Gasteiger partial charge in [0.2, 0.25) is 5.91 Å². The first-order valence-corrected chi connectivity index (χ1v) is 10.4. The molecular formula is C22H21N5O3S. The van der Waals surface area contributed by atoms with Gasteiger partial charge in [-0.2, -0.15) is 4.98 Å². The normalized spacial score (nSPS) is 10.8. The lowest BCUT2D eigenvalue weighted by Gasteiger charge is -2.15. The number of ether oxygens (including phenoxy) is 1. The number of hydrogen-bond acceptors (Lipinski definition) is 7. The topological polar surface area (TPSA) is 89.3 Å². The van der Waals surface area contributed by atoms with Crippen LogP contribution in [-0.2, 0) is 17.9 Å². The molecule has 0 radical (unpaired) electrons. The number of carbonyl (C=O) groups is 1. The SMILES string of the molecule is COc1cccc(NC(=O)Cn2cnc3nc(N(C)Cc4ccccc4)sc3c2=O)c1. The van der Waals surface area contributed by atoms with E-state index >= 15 is 0 Å². The van der Waals surface area contributed by atoms with Crippen LogP contribution in [0.25, 0.3) is 10.3 Å². The van der Waals surface area contributed by atoms with Gasteiger partial charge in [0.1, 0.15) is 23.3 Å². The van der Waals surface area contributed by atoms with Crippen molar-refractivity contribution in [1.29, 1.82) is 0 Å². The van der Waals surface area contributed by atoms with Gasteiger partial charge in [-0.25, -0.2) is 4.98 Å². The van der Waals surface area contributed by atoms with Gasteiger partial charge in [0.15, 0.2) is 10.8 Å². The first-order valence-electron chi connectivity index (χ1n) is 9.58. The van der Waals surface area contributed by atoms with Gasteiger partial charge in [-0.3, -0.25) is 14.2 Å². The number of amides is 1. The van der Waals surface area contributed by atoms with Gasteiger partial charge in [-0.1, -0.05) is 47.7 Å². The minimum atomic E-state index is -0.331. The van der Waals surface area contributed by atoms with Crippen molar-refractivity contribution in [3.63, 3.8) is 0 Å². The van der Waals surface area contributed by atoms with E-state index in [1.54, 1.807) is 31.4 Å². The molecule has 158 valence electrons. The highest BCUT2D eigenvalue weighted by atomic mass is 32.1. The fourth-order valence-corrected chi connectivity index (χ4v) is 4.02. The quantitative estimate of drug-likeness (QED) is 0.480. The molecule has 0 unspecified atom stereocenters. The third kappa shape index (κ3) is 4.72. The van der Waals surface area contributed by atoms with Crippen molar-refractivity contribution in [1.82, 2.24) is 14.5 Å². The van der Waals surface area contributed by atoms with Gasteiger partial charge < -0.3 is 15.0 Å². The van der Waals surface area contributed by atoms with Gasteiger partial charge in [0, 0.05) is 25.3 Å². The molecule has 9 heteroatoms. The van der Waals surface area contributed by atoms with Crippen LogP contribution in [0, 0.1) is 0 Å². The molecule has 2 aromatic carbocycles. The highest BCUT2D eigenvalue weighted by Crippen LogP contribution is 2.25. The molecule has 0 bridgehead atoms. The van der Waals surface area contributed by atoms with Crippen molar-refractivity contribution in [2.24, 2.45) is 0 Å². The highest BCUT2D eigenvalue weighted by molar-refractivity contribution is 7.22. The molecule has 0 spiro atoms. The number of anilines is 2. The molecule has 31 heavy (non-hydrogen) atoms. The average Bonchev–Trinajstić information content (AvgIpc) is 3.22. The number of carbonyl (C=O) groups excluding carboxylic acids is 1. The Morgan fingerprint density at radius 2 is 2.00 bits per heavy atom. The molecule has 0 aliphatic rings. The monoisotopic (exact) mass is 435 g/mol. The van der Waals surface area contributed by atoms with E-state index in [4.69, 9.17) is 4.74 Å². The second-order valence-corrected chi connectivity index (χ2v) is 7.93. The second kappa shape index (κ2) is 8.97. The van der Waals surface area contributed by atoms with Crippen molar-refractivity contribution in [2.45, 2.75) is 13.1 Å². The highest BCUT2D eigenvalue weighted by Gasteiger charge is 2.15. The van der Waals surface area contributed by atoms with E-state index < -0.39 is 0 Å². The van der Waals surface area contributed by atoms with Gasteiger partial charge >= 0.3 is 0 Å². The van der Waals surface area contributed by atoms with E-state index in [9.17, 15) is 9.59 Å². The van der Waals surface area contributed by atoms with Crippen molar-refractivity contribution in [3.05, 3.63) is 76.8 Å². The van der Waals surface area contributed by atoms with Crippen LogP contribution in [0.1, 0.15) is 5.56 Å². The molecule has 1 amide bonds. The van der Waals surface area contributed by atoms with E-state index in [-0.39, 0.29) is 18.0 Å². The van der Waals surface area contributed by atoms with Crippen molar-refractivity contribution < 1.29 is 9.53 Å².